The summed E-state index contributed by atoms with van der Waals surface area (Å²) in [6.07, 6.45) is 3.53. The summed E-state index contributed by atoms with van der Waals surface area (Å²) in [6.45, 7) is 0. The molecule has 0 bridgehead atoms. The van der Waals surface area contributed by atoms with Crippen LogP contribution in [0, 0.1) is 11.8 Å². The van der Waals surface area contributed by atoms with Gasteiger partial charge in [-0.25, -0.2) is 4.79 Å². The molecule has 0 saturated heterocycles. The zero-order valence-electron chi connectivity index (χ0n) is 7.40. The second-order valence-electron chi connectivity index (χ2n) is 2.50. The van der Waals surface area contributed by atoms with Gasteiger partial charge >= 0.3 is 5.97 Å². The van der Waals surface area contributed by atoms with Gasteiger partial charge < -0.3 is 5.11 Å². The lowest BCUT2D eigenvalue weighted by molar-refractivity contribution is 0.0696. The normalized spacial score (nSPS) is 8.93. The van der Waals surface area contributed by atoms with Gasteiger partial charge in [-0.1, -0.05) is 11.8 Å². The molecule has 0 fully saturated rings. The van der Waals surface area contributed by atoms with Crippen molar-refractivity contribution in [3.63, 3.8) is 0 Å². The number of nitrogens with zero attached hydrogens (tertiary/aromatic N) is 1. The van der Waals surface area contributed by atoms with Gasteiger partial charge in [0.15, 0.2) is 0 Å². The van der Waals surface area contributed by atoms with E-state index in [-0.39, 0.29) is 5.56 Å². The quantitative estimate of drug-likeness (QED) is 0.570. The number of carbonyl (C=O) groups is 1. The van der Waals surface area contributed by atoms with E-state index in [0.717, 1.165) is 0 Å². The van der Waals surface area contributed by atoms with Gasteiger partial charge in [0.1, 0.15) is 0 Å². The van der Waals surface area contributed by atoms with Crippen LogP contribution in [0.2, 0.25) is 0 Å². The number of carboxylic acid groups (broad SMARTS) is 1. The number of hydrogen-bond acceptors (Lipinski definition) is 3. The zero-order valence-corrected chi connectivity index (χ0v) is 8.29. The standard InChI is InChI=1S/C10H9NO2S/c12-10(13)9-4-5-11-7-8(9)3-1-2-6-14/h4-5,7,14H,2,6H2,(H,12,13). The third kappa shape index (κ3) is 2.79. The summed E-state index contributed by atoms with van der Waals surface area (Å²) in [4.78, 5) is 14.6. The molecule has 1 N–H and O–H groups in total. The summed E-state index contributed by atoms with van der Waals surface area (Å²) in [5.74, 6) is 5.25. The third-order valence-corrected chi connectivity index (χ3v) is 1.73. The topological polar surface area (TPSA) is 50.2 Å². The predicted molar refractivity (Wildman–Crippen MR) is 56.5 cm³/mol. The molecule has 3 nitrogen and oxygen atoms in total. The average molecular weight is 207 g/mol. The fraction of sp³-hybridized carbons (Fsp3) is 0.200. The minimum Gasteiger partial charge on any atom is -0.478 e. The molecular formula is C10H9NO2S. The molecule has 4 heteroatoms. The Labute approximate surface area is 87.6 Å². The van der Waals surface area contributed by atoms with Crippen molar-refractivity contribution in [2.24, 2.45) is 0 Å². The van der Waals surface area contributed by atoms with Crippen molar-refractivity contribution < 1.29 is 9.90 Å². The average Bonchev–Trinajstić information content (AvgIpc) is 2.19. The summed E-state index contributed by atoms with van der Waals surface area (Å²) in [5.41, 5.74) is 0.633. The molecule has 0 aliphatic rings. The van der Waals surface area contributed by atoms with E-state index in [1.807, 2.05) is 0 Å². The Morgan fingerprint density at radius 2 is 2.43 bits per heavy atom. The van der Waals surface area contributed by atoms with E-state index < -0.39 is 5.97 Å². The van der Waals surface area contributed by atoms with E-state index in [4.69, 9.17) is 5.11 Å². The number of aromatic nitrogens is 1. The Balaban J connectivity index is 2.97. The summed E-state index contributed by atoms with van der Waals surface area (Å²) < 4.78 is 0. The number of rotatable bonds is 2. The lowest BCUT2D eigenvalue weighted by atomic mass is 10.1. The van der Waals surface area contributed by atoms with Gasteiger partial charge in [-0.15, -0.1) is 0 Å². The molecule has 0 saturated carbocycles. The molecule has 1 aromatic heterocycles. The Hall–Kier alpha value is -1.47. The van der Waals surface area contributed by atoms with Gasteiger partial charge in [0, 0.05) is 24.6 Å². The summed E-state index contributed by atoms with van der Waals surface area (Å²) in [6, 6.07) is 1.44. The highest BCUT2D eigenvalue weighted by Crippen LogP contribution is 2.04. The van der Waals surface area contributed by atoms with Gasteiger partial charge in [0.05, 0.1) is 11.1 Å². The molecule has 0 atom stereocenters. The third-order valence-electron chi connectivity index (χ3n) is 1.51. The Bertz CT molecular complexity index is 393. The number of aromatic carboxylic acids is 1. The monoisotopic (exact) mass is 207 g/mol. The van der Waals surface area contributed by atoms with Crippen LogP contribution >= 0.6 is 12.6 Å². The molecule has 0 unspecified atom stereocenters. The van der Waals surface area contributed by atoms with Crippen LogP contribution in [0.1, 0.15) is 22.3 Å². The highest BCUT2D eigenvalue weighted by atomic mass is 32.1. The van der Waals surface area contributed by atoms with Crippen molar-refractivity contribution in [1.29, 1.82) is 0 Å². The van der Waals surface area contributed by atoms with E-state index in [0.29, 0.717) is 17.7 Å². The molecule has 72 valence electrons. The van der Waals surface area contributed by atoms with Gasteiger partial charge in [0.25, 0.3) is 0 Å². The lowest BCUT2D eigenvalue weighted by Gasteiger charge is -1.95. The maximum atomic E-state index is 10.7. The highest BCUT2D eigenvalue weighted by Gasteiger charge is 2.06. The first-order chi connectivity index (χ1) is 6.75. The number of thiol groups is 1. The predicted octanol–water partition coefficient (Wildman–Crippen LogP) is 1.45. The minimum absolute atomic E-state index is 0.187. The first-order valence-electron chi connectivity index (χ1n) is 4.02. The summed E-state index contributed by atoms with van der Waals surface area (Å²) in [5, 5.41) is 8.81. The minimum atomic E-state index is -0.984. The molecule has 0 radical (unpaired) electrons. The molecule has 1 rings (SSSR count). The van der Waals surface area contributed by atoms with Gasteiger partial charge in [-0.05, 0) is 6.07 Å². The molecule has 0 aromatic carbocycles. The molecular weight excluding hydrogens is 198 g/mol. The van der Waals surface area contributed by atoms with Crippen molar-refractivity contribution >= 4 is 18.6 Å². The molecule has 1 heterocycles. The summed E-state index contributed by atoms with van der Waals surface area (Å²) in [7, 11) is 0. The highest BCUT2D eigenvalue weighted by molar-refractivity contribution is 7.80. The maximum Gasteiger partial charge on any atom is 0.337 e. The first kappa shape index (κ1) is 10.6. The van der Waals surface area contributed by atoms with Gasteiger partial charge in [-0.3, -0.25) is 4.98 Å². The Kier molecular flexibility index (Phi) is 4.02. The fourth-order valence-electron chi connectivity index (χ4n) is 0.894. The van der Waals surface area contributed by atoms with Crippen LogP contribution in [0.15, 0.2) is 18.5 Å². The molecule has 1 aromatic rings. The van der Waals surface area contributed by atoms with Crippen molar-refractivity contribution in [2.75, 3.05) is 5.75 Å². The molecule has 0 aliphatic heterocycles. The molecule has 0 amide bonds. The van der Waals surface area contributed by atoms with Crippen molar-refractivity contribution in [1.82, 2.24) is 4.98 Å². The molecule has 14 heavy (non-hydrogen) atoms. The van der Waals surface area contributed by atoms with Crippen LogP contribution in [0.5, 0.6) is 0 Å². The lowest BCUT2D eigenvalue weighted by Crippen LogP contribution is -2.00. The van der Waals surface area contributed by atoms with E-state index in [1.54, 1.807) is 0 Å². The second kappa shape index (κ2) is 5.30. The van der Waals surface area contributed by atoms with E-state index in [2.05, 4.69) is 29.5 Å². The van der Waals surface area contributed by atoms with Crippen LogP contribution in [0.25, 0.3) is 0 Å². The van der Waals surface area contributed by atoms with Gasteiger partial charge in [-0.2, -0.15) is 12.6 Å². The first-order valence-corrected chi connectivity index (χ1v) is 4.66. The maximum absolute atomic E-state index is 10.7. The van der Waals surface area contributed by atoms with E-state index in [9.17, 15) is 4.79 Å². The molecule has 0 aliphatic carbocycles. The number of carboxylic acids is 1. The largest absolute Gasteiger partial charge is 0.478 e. The number of hydrogen-bond donors (Lipinski definition) is 2. The van der Waals surface area contributed by atoms with Crippen molar-refractivity contribution in [2.45, 2.75) is 6.42 Å². The van der Waals surface area contributed by atoms with Crippen LogP contribution in [-0.4, -0.2) is 21.8 Å². The van der Waals surface area contributed by atoms with Gasteiger partial charge in [0.2, 0.25) is 0 Å². The van der Waals surface area contributed by atoms with Crippen LogP contribution in [-0.2, 0) is 0 Å². The summed E-state index contributed by atoms with van der Waals surface area (Å²) >= 11 is 4.00. The van der Waals surface area contributed by atoms with Crippen LogP contribution in [0.4, 0.5) is 0 Å². The number of pyridine rings is 1. The Morgan fingerprint density at radius 3 is 3.07 bits per heavy atom. The SMILES string of the molecule is O=C(O)c1ccncc1C#CCCS. The second-order valence-corrected chi connectivity index (χ2v) is 2.95. The van der Waals surface area contributed by atoms with Crippen molar-refractivity contribution in [3.8, 4) is 11.8 Å². The van der Waals surface area contributed by atoms with E-state index >= 15 is 0 Å². The Morgan fingerprint density at radius 1 is 1.64 bits per heavy atom. The molecule has 0 spiro atoms. The fourth-order valence-corrected chi connectivity index (χ4v) is 1.01. The van der Waals surface area contributed by atoms with Crippen molar-refractivity contribution in [3.05, 3.63) is 29.6 Å². The van der Waals surface area contributed by atoms with E-state index in [1.165, 1.54) is 18.5 Å². The van der Waals surface area contributed by atoms with Crippen LogP contribution in [0.3, 0.4) is 0 Å². The smallest absolute Gasteiger partial charge is 0.337 e. The van der Waals surface area contributed by atoms with Crippen LogP contribution < -0.4 is 0 Å². The zero-order chi connectivity index (χ0) is 10.4.